The van der Waals surface area contributed by atoms with E-state index < -0.39 is 28.6 Å². The quantitative estimate of drug-likeness (QED) is 0.787. The fourth-order valence-electron chi connectivity index (χ4n) is 2.41. The zero-order chi connectivity index (χ0) is 16.8. The van der Waals surface area contributed by atoms with Gasteiger partial charge in [0.25, 0.3) is 5.56 Å². The van der Waals surface area contributed by atoms with Crippen molar-refractivity contribution in [2.45, 2.75) is 12.7 Å². The number of ether oxygens (including phenoxy) is 1. The van der Waals surface area contributed by atoms with Gasteiger partial charge >= 0.3 is 6.18 Å². The first-order valence-corrected chi connectivity index (χ1v) is 6.95. The van der Waals surface area contributed by atoms with Gasteiger partial charge in [-0.1, -0.05) is 11.6 Å². The van der Waals surface area contributed by atoms with Crippen molar-refractivity contribution in [1.29, 1.82) is 0 Å². The smallest absolute Gasteiger partial charge is 0.417 e. The van der Waals surface area contributed by atoms with Crippen LogP contribution < -0.4 is 10.3 Å². The maximum atomic E-state index is 13.3. The van der Waals surface area contributed by atoms with Crippen molar-refractivity contribution in [3.05, 3.63) is 62.4 Å². The number of halogens is 4. The monoisotopic (exact) mass is 343 g/mol. The first-order valence-electron chi connectivity index (χ1n) is 6.57. The van der Waals surface area contributed by atoms with Crippen LogP contribution in [0, 0.1) is 0 Å². The Morgan fingerprint density at radius 1 is 1.22 bits per heavy atom. The highest BCUT2D eigenvalue weighted by Gasteiger charge is 2.40. The van der Waals surface area contributed by atoms with Gasteiger partial charge < -0.3 is 4.74 Å². The van der Waals surface area contributed by atoms with Crippen LogP contribution in [0.3, 0.4) is 0 Å². The van der Waals surface area contributed by atoms with Crippen molar-refractivity contribution in [3.63, 3.8) is 0 Å². The summed E-state index contributed by atoms with van der Waals surface area (Å²) in [5, 5.41) is 0.350. The molecule has 2 aromatic rings. The zero-order valence-corrected chi connectivity index (χ0v) is 12.2. The van der Waals surface area contributed by atoms with Gasteiger partial charge in [0.15, 0.2) is 5.78 Å². The number of nitrogens with zero attached hydrogens (tertiary/aromatic N) is 1. The number of carbonyl (C=O) groups is 1. The first-order chi connectivity index (χ1) is 10.8. The predicted octanol–water partition coefficient (Wildman–Crippen LogP) is 3.14. The van der Waals surface area contributed by atoms with Crippen LogP contribution in [0.5, 0.6) is 5.88 Å². The molecule has 2 heterocycles. The van der Waals surface area contributed by atoms with Crippen LogP contribution in [-0.4, -0.2) is 17.0 Å². The topological polar surface area (TPSA) is 48.3 Å². The van der Waals surface area contributed by atoms with Crippen LogP contribution in [0.15, 0.2) is 35.1 Å². The molecule has 0 atom stereocenters. The highest BCUT2D eigenvalue weighted by Crippen LogP contribution is 2.37. The minimum Gasteiger partial charge on any atom is -0.476 e. The number of aromatic nitrogens is 1. The second-order valence-corrected chi connectivity index (χ2v) is 5.35. The number of rotatable bonds is 2. The van der Waals surface area contributed by atoms with E-state index in [1.807, 2.05) is 0 Å². The van der Waals surface area contributed by atoms with E-state index in [0.29, 0.717) is 11.1 Å². The number of hydrogen-bond donors (Lipinski definition) is 0. The largest absolute Gasteiger partial charge is 0.476 e. The van der Waals surface area contributed by atoms with Gasteiger partial charge in [-0.05, 0) is 24.3 Å². The van der Waals surface area contributed by atoms with Gasteiger partial charge in [-0.25, -0.2) is 0 Å². The molecule has 1 aromatic heterocycles. The van der Waals surface area contributed by atoms with Gasteiger partial charge in [0, 0.05) is 16.7 Å². The molecule has 120 valence electrons. The third-order valence-electron chi connectivity index (χ3n) is 3.45. The Labute approximate surface area is 133 Å². The summed E-state index contributed by atoms with van der Waals surface area (Å²) in [5.74, 6) is -1.22. The minimum absolute atomic E-state index is 0.0249. The molecule has 4 nitrogen and oxygen atoms in total. The van der Waals surface area contributed by atoms with Gasteiger partial charge in [-0.15, -0.1) is 0 Å². The zero-order valence-electron chi connectivity index (χ0n) is 11.5. The molecule has 0 amide bonds. The van der Waals surface area contributed by atoms with Gasteiger partial charge in [-0.3, -0.25) is 14.2 Å². The summed E-state index contributed by atoms with van der Waals surface area (Å²) in [7, 11) is 0. The lowest BCUT2D eigenvalue weighted by molar-refractivity contribution is -0.138. The summed E-state index contributed by atoms with van der Waals surface area (Å²) in [6, 6.07) is 5.88. The van der Waals surface area contributed by atoms with E-state index in [-0.39, 0.29) is 24.6 Å². The van der Waals surface area contributed by atoms with E-state index in [4.69, 9.17) is 16.3 Å². The van der Waals surface area contributed by atoms with E-state index in [2.05, 4.69) is 0 Å². The SMILES string of the molecule is O=C(c1ccc(Cl)cc1)c1c(C(F)(F)F)cc(=O)n2c1OCC2. The van der Waals surface area contributed by atoms with Gasteiger partial charge in [0.2, 0.25) is 5.88 Å². The number of pyridine rings is 1. The normalized spacial score (nSPS) is 13.6. The molecule has 0 spiro atoms. The van der Waals surface area contributed by atoms with E-state index in [0.717, 1.165) is 4.57 Å². The number of benzene rings is 1. The minimum atomic E-state index is -4.85. The van der Waals surface area contributed by atoms with Crippen LogP contribution in [0.25, 0.3) is 0 Å². The van der Waals surface area contributed by atoms with Crippen molar-refractivity contribution < 1.29 is 22.7 Å². The Morgan fingerprint density at radius 3 is 2.48 bits per heavy atom. The van der Waals surface area contributed by atoms with Gasteiger partial charge in [0.1, 0.15) is 6.61 Å². The summed E-state index contributed by atoms with van der Waals surface area (Å²) in [6.45, 7) is 0.144. The Morgan fingerprint density at radius 2 is 1.87 bits per heavy atom. The van der Waals surface area contributed by atoms with E-state index in [9.17, 15) is 22.8 Å². The lowest BCUT2D eigenvalue weighted by Crippen LogP contribution is -2.24. The summed E-state index contributed by atoms with van der Waals surface area (Å²) >= 11 is 5.72. The Hall–Kier alpha value is -2.28. The van der Waals surface area contributed by atoms with Crippen molar-refractivity contribution in [1.82, 2.24) is 4.57 Å². The molecular weight excluding hydrogens is 335 g/mol. The third-order valence-corrected chi connectivity index (χ3v) is 3.71. The molecule has 0 aliphatic carbocycles. The number of ketones is 1. The molecule has 0 radical (unpaired) electrons. The average molecular weight is 344 g/mol. The molecule has 0 saturated carbocycles. The summed E-state index contributed by atoms with van der Waals surface area (Å²) in [4.78, 5) is 24.3. The van der Waals surface area contributed by atoms with Gasteiger partial charge in [-0.2, -0.15) is 13.2 Å². The molecule has 23 heavy (non-hydrogen) atoms. The molecule has 3 rings (SSSR count). The van der Waals surface area contributed by atoms with E-state index >= 15 is 0 Å². The highest BCUT2D eigenvalue weighted by atomic mass is 35.5. The van der Waals surface area contributed by atoms with Crippen molar-refractivity contribution >= 4 is 17.4 Å². The van der Waals surface area contributed by atoms with E-state index in [1.54, 1.807) is 0 Å². The van der Waals surface area contributed by atoms with Crippen LogP contribution in [-0.2, 0) is 12.7 Å². The maximum Gasteiger partial charge on any atom is 0.417 e. The molecule has 1 aromatic carbocycles. The Kier molecular flexibility index (Phi) is 3.68. The first kappa shape index (κ1) is 15.6. The fourth-order valence-corrected chi connectivity index (χ4v) is 2.53. The van der Waals surface area contributed by atoms with Crippen LogP contribution in [0.1, 0.15) is 21.5 Å². The summed E-state index contributed by atoms with van der Waals surface area (Å²) in [6.07, 6.45) is -4.85. The standard InChI is InChI=1S/C15H9ClF3NO3/c16-9-3-1-8(2-4-9)13(22)12-10(15(17,18)19)7-11(21)20-5-6-23-14(12)20/h1-4,7H,5-6H2. The average Bonchev–Trinajstić information content (AvgIpc) is 2.96. The molecule has 0 saturated heterocycles. The Bertz CT molecular complexity index is 841. The summed E-state index contributed by atoms with van der Waals surface area (Å²) in [5.41, 5.74) is -2.78. The van der Waals surface area contributed by atoms with Crippen molar-refractivity contribution in [2.24, 2.45) is 0 Å². The summed E-state index contributed by atoms with van der Waals surface area (Å²) < 4.78 is 45.9. The number of carbonyl (C=O) groups excluding carboxylic acids is 1. The molecule has 1 aliphatic heterocycles. The predicted molar refractivity (Wildman–Crippen MR) is 76.1 cm³/mol. The van der Waals surface area contributed by atoms with Crippen molar-refractivity contribution in [2.75, 3.05) is 6.61 Å². The number of alkyl halides is 3. The van der Waals surface area contributed by atoms with Crippen LogP contribution in [0.2, 0.25) is 5.02 Å². The maximum absolute atomic E-state index is 13.3. The van der Waals surface area contributed by atoms with Crippen molar-refractivity contribution in [3.8, 4) is 5.88 Å². The second-order valence-electron chi connectivity index (χ2n) is 4.91. The van der Waals surface area contributed by atoms with E-state index in [1.165, 1.54) is 24.3 Å². The van der Waals surface area contributed by atoms with Crippen LogP contribution >= 0.6 is 11.6 Å². The molecule has 0 unspecified atom stereocenters. The molecule has 0 N–H and O–H groups in total. The lowest BCUT2D eigenvalue weighted by atomic mass is 9.99. The lowest BCUT2D eigenvalue weighted by Gasteiger charge is -2.15. The molecule has 0 fully saturated rings. The highest BCUT2D eigenvalue weighted by molar-refractivity contribution is 6.30. The number of fused-ring (bicyclic) bond motifs is 1. The Balaban J connectivity index is 2.25. The second kappa shape index (κ2) is 5.42. The fraction of sp³-hybridized carbons (Fsp3) is 0.200. The molecular formula is C15H9ClF3NO3. The number of hydrogen-bond acceptors (Lipinski definition) is 3. The molecule has 0 bridgehead atoms. The molecule has 8 heteroatoms. The molecule has 1 aliphatic rings. The third kappa shape index (κ3) is 2.72. The van der Waals surface area contributed by atoms with Gasteiger partial charge in [0.05, 0.1) is 17.7 Å². The van der Waals surface area contributed by atoms with Crippen LogP contribution in [0.4, 0.5) is 13.2 Å².